The second kappa shape index (κ2) is 7.31. The van der Waals surface area contributed by atoms with E-state index >= 15 is 0 Å². The fourth-order valence-corrected chi connectivity index (χ4v) is 4.26. The number of hydrogen-bond donors (Lipinski definition) is 0. The number of anilines is 1. The molecule has 0 amide bonds. The number of halogens is 1. The van der Waals surface area contributed by atoms with Crippen molar-refractivity contribution in [3.8, 4) is 0 Å². The van der Waals surface area contributed by atoms with E-state index in [1.54, 1.807) is 0 Å². The number of para-hydroxylation sites is 1. The van der Waals surface area contributed by atoms with Crippen molar-refractivity contribution in [1.82, 2.24) is 20.2 Å². The quantitative estimate of drug-likeness (QED) is 0.682. The highest BCUT2D eigenvalue weighted by atomic mass is 19.1. The van der Waals surface area contributed by atoms with Gasteiger partial charge in [0.05, 0.1) is 12.6 Å². The largest absolute Gasteiger partial charge is 0.376 e. The number of tetrazole rings is 1. The van der Waals surface area contributed by atoms with Crippen molar-refractivity contribution in [2.75, 3.05) is 18.1 Å². The number of benzene rings is 2. The molecule has 144 valence electrons. The SMILES string of the molecule is Fc1ccc([C@H](c2nnnn2C[C@@H]2CCCO2)N2CCc3ccccc32)cc1. The maximum absolute atomic E-state index is 13.6. The van der Waals surface area contributed by atoms with Gasteiger partial charge in [0.2, 0.25) is 0 Å². The zero-order chi connectivity index (χ0) is 18.9. The van der Waals surface area contributed by atoms with Crippen LogP contribution in [0.2, 0.25) is 0 Å². The highest BCUT2D eigenvalue weighted by molar-refractivity contribution is 5.60. The number of fused-ring (bicyclic) bond motifs is 1. The molecule has 28 heavy (non-hydrogen) atoms. The summed E-state index contributed by atoms with van der Waals surface area (Å²) in [6.07, 6.45) is 3.21. The van der Waals surface area contributed by atoms with E-state index in [0.717, 1.165) is 43.8 Å². The van der Waals surface area contributed by atoms with E-state index in [-0.39, 0.29) is 18.0 Å². The smallest absolute Gasteiger partial charge is 0.178 e. The minimum absolute atomic E-state index is 0.141. The van der Waals surface area contributed by atoms with Crippen LogP contribution in [0.25, 0.3) is 0 Å². The molecule has 1 aromatic heterocycles. The molecule has 5 rings (SSSR count). The second-order valence-corrected chi connectivity index (χ2v) is 7.38. The molecule has 1 saturated heterocycles. The summed E-state index contributed by atoms with van der Waals surface area (Å²) in [5.41, 5.74) is 3.47. The molecule has 6 nitrogen and oxygen atoms in total. The van der Waals surface area contributed by atoms with Gasteiger partial charge >= 0.3 is 0 Å². The van der Waals surface area contributed by atoms with Gasteiger partial charge in [-0.1, -0.05) is 30.3 Å². The minimum Gasteiger partial charge on any atom is -0.376 e. The molecule has 2 aliphatic rings. The zero-order valence-electron chi connectivity index (χ0n) is 15.5. The summed E-state index contributed by atoms with van der Waals surface area (Å²) in [5.74, 6) is 0.516. The summed E-state index contributed by atoms with van der Waals surface area (Å²) < 4.78 is 21.2. The summed E-state index contributed by atoms with van der Waals surface area (Å²) in [6.45, 7) is 2.30. The lowest BCUT2D eigenvalue weighted by Crippen LogP contribution is -2.31. The Kier molecular flexibility index (Phi) is 4.52. The summed E-state index contributed by atoms with van der Waals surface area (Å²) in [6, 6.07) is 14.9. The van der Waals surface area contributed by atoms with Gasteiger partial charge in [-0.2, -0.15) is 0 Å². The average Bonchev–Trinajstić information content (AvgIpc) is 3.47. The normalized spacial score (nSPS) is 19.8. The Balaban J connectivity index is 1.56. The lowest BCUT2D eigenvalue weighted by molar-refractivity contribution is 0.0924. The number of ether oxygens (including phenoxy) is 1. The molecule has 2 aliphatic heterocycles. The molecular formula is C21H22FN5O. The summed E-state index contributed by atoms with van der Waals surface area (Å²) >= 11 is 0. The molecule has 1 fully saturated rings. The Hall–Kier alpha value is -2.80. The van der Waals surface area contributed by atoms with Gasteiger partial charge in [-0.25, -0.2) is 9.07 Å². The van der Waals surface area contributed by atoms with Crippen LogP contribution in [0.15, 0.2) is 48.5 Å². The molecule has 3 aromatic rings. The van der Waals surface area contributed by atoms with Gasteiger partial charge in [-0.05, 0) is 59.0 Å². The molecule has 3 heterocycles. The predicted octanol–water partition coefficient (Wildman–Crippen LogP) is 3.14. The molecular weight excluding hydrogens is 357 g/mol. The summed E-state index contributed by atoms with van der Waals surface area (Å²) in [4.78, 5) is 2.32. The van der Waals surface area contributed by atoms with Crippen molar-refractivity contribution in [1.29, 1.82) is 0 Å². The molecule has 0 N–H and O–H groups in total. The standard InChI is InChI=1S/C21H22FN5O/c22-17-9-7-16(8-10-17)20(26-12-11-15-4-1-2-6-19(15)26)21-23-24-25-27(21)14-18-5-3-13-28-18/h1-2,4,6-10,18,20H,3,5,11-14H2/t18-,20+/m0/s1. The van der Waals surface area contributed by atoms with Gasteiger partial charge < -0.3 is 9.64 Å². The lowest BCUT2D eigenvalue weighted by atomic mass is 10.0. The molecule has 0 bridgehead atoms. The number of nitrogens with zero attached hydrogens (tertiary/aromatic N) is 5. The molecule has 0 saturated carbocycles. The van der Waals surface area contributed by atoms with Crippen LogP contribution < -0.4 is 4.90 Å². The molecule has 0 spiro atoms. The van der Waals surface area contributed by atoms with Gasteiger partial charge in [-0.15, -0.1) is 5.10 Å². The van der Waals surface area contributed by atoms with Crippen LogP contribution in [-0.2, 0) is 17.7 Å². The third-order valence-electron chi connectivity index (χ3n) is 5.63. The fourth-order valence-electron chi connectivity index (χ4n) is 4.26. The van der Waals surface area contributed by atoms with Crippen LogP contribution in [0.4, 0.5) is 10.1 Å². The van der Waals surface area contributed by atoms with Gasteiger partial charge in [-0.3, -0.25) is 0 Å². The van der Waals surface area contributed by atoms with Crippen LogP contribution in [-0.4, -0.2) is 39.5 Å². The van der Waals surface area contributed by atoms with Crippen molar-refractivity contribution in [3.63, 3.8) is 0 Å². The molecule has 2 atom stereocenters. The van der Waals surface area contributed by atoms with Crippen LogP contribution in [0.5, 0.6) is 0 Å². The molecule has 0 radical (unpaired) electrons. The topological polar surface area (TPSA) is 56.1 Å². The van der Waals surface area contributed by atoms with E-state index in [2.05, 4.69) is 38.6 Å². The third-order valence-corrected chi connectivity index (χ3v) is 5.63. The molecule has 2 aromatic carbocycles. The molecule has 7 heteroatoms. The van der Waals surface area contributed by atoms with E-state index in [9.17, 15) is 4.39 Å². The Morgan fingerprint density at radius 1 is 1.14 bits per heavy atom. The Morgan fingerprint density at radius 3 is 2.82 bits per heavy atom. The van der Waals surface area contributed by atoms with Crippen molar-refractivity contribution < 1.29 is 9.13 Å². The van der Waals surface area contributed by atoms with Crippen LogP contribution in [0.3, 0.4) is 0 Å². The van der Waals surface area contributed by atoms with Gasteiger partial charge in [0.15, 0.2) is 5.82 Å². The van der Waals surface area contributed by atoms with Gasteiger partial charge in [0.25, 0.3) is 0 Å². The van der Waals surface area contributed by atoms with Crippen LogP contribution >= 0.6 is 0 Å². The summed E-state index contributed by atoms with van der Waals surface area (Å²) in [5, 5.41) is 12.6. The highest BCUT2D eigenvalue weighted by Crippen LogP contribution is 2.38. The second-order valence-electron chi connectivity index (χ2n) is 7.38. The van der Waals surface area contributed by atoms with E-state index in [1.807, 2.05) is 22.9 Å². The Morgan fingerprint density at radius 2 is 2.00 bits per heavy atom. The van der Waals surface area contributed by atoms with Crippen LogP contribution in [0.1, 0.15) is 35.8 Å². The first-order valence-corrected chi connectivity index (χ1v) is 9.77. The maximum atomic E-state index is 13.6. The third kappa shape index (κ3) is 3.16. The zero-order valence-corrected chi connectivity index (χ0v) is 15.5. The number of aromatic nitrogens is 4. The van der Waals surface area contributed by atoms with Crippen molar-refractivity contribution in [2.24, 2.45) is 0 Å². The highest BCUT2D eigenvalue weighted by Gasteiger charge is 2.33. The molecule has 0 unspecified atom stereocenters. The predicted molar refractivity (Wildman–Crippen MR) is 103 cm³/mol. The lowest BCUT2D eigenvalue weighted by Gasteiger charge is -2.30. The average molecular weight is 379 g/mol. The maximum Gasteiger partial charge on any atom is 0.178 e. The fraction of sp³-hybridized carbons (Fsp3) is 0.381. The van der Waals surface area contributed by atoms with E-state index in [1.165, 1.54) is 23.4 Å². The van der Waals surface area contributed by atoms with Crippen molar-refractivity contribution in [3.05, 3.63) is 71.3 Å². The Bertz CT molecular complexity index is 951. The van der Waals surface area contributed by atoms with Gasteiger partial charge in [0, 0.05) is 18.8 Å². The number of rotatable bonds is 5. The first-order chi connectivity index (χ1) is 13.8. The Labute approximate surface area is 162 Å². The van der Waals surface area contributed by atoms with E-state index in [0.29, 0.717) is 6.54 Å². The van der Waals surface area contributed by atoms with Gasteiger partial charge in [0.1, 0.15) is 11.9 Å². The minimum atomic E-state index is -0.247. The monoisotopic (exact) mass is 379 g/mol. The van der Waals surface area contributed by atoms with E-state index < -0.39 is 0 Å². The first kappa shape index (κ1) is 17.3. The molecule has 0 aliphatic carbocycles. The number of hydrogen-bond acceptors (Lipinski definition) is 5. The van der Waals surface area contributed by atoms with Crippen molar-refractivity contribution >= 4 is 5.69 Å². The van der Waals surface area contributed by atoms with Crippen LogP contribution in [0, 0.1) is 5.82 Å². The first-order valence-electron chi connectivity index (χ1n) is 9.77. The van der Waals surface area contributed by atoms with E-state index in [4.69, 9.17) is 4.74 Å². The summed E-state index contributed by atoms with van der Waals surface area (Å²) in [7, 11) is 0. The van der Waals surface area contributed by atoms with Crippen molar-refractivity contribution in [2.45, 2.75) is 38.0 Å².